The van der Waals surface area contributed by atoms with Crippen LogP contribution in [-0.4, -0.2) is 12.5 Å². The molecule has 0 atom stereocenters. The highest BCUT2D eigenvalue weighted by Crippen LogP contribution is 2.25. The van der Waals surface area contributed by atoms with Crippen LogP contribution in [0.3, 0.4) is 0 Å². The third-order valence-electron chi connectivity index (χ3n) is 3.50. The van der Waals surface area contributed by atoms with Gasteiger partial charge in [-0.3, -0.25) is 4.79 Å². The molecule has 0 spiro atoms. The molecule has 0 aromatic heterocycles. The topological polar surface area (TPSA) is 38.3 Å². The molecule has 0 bridgehead atoms. The van der Waals surface area contributed by atoms with E-state index in [1.165, 1.54) is 17.7 Å². The van der Waals surface area contributed by atoms with Gasteiger partial charge in [-0.05, 0) is 43.5 Å². The molecule has 2 rings (SSSR count). The molecular weight excluding hydrogens is 300 g/mol. The van der Waals surface area contributed by atoms with Gasteiger partial charge in [0, 0.05) is 6.42 Å². The quantitative estimate of drug-likeness (QED) is 0.853. The Labute approximate surface area is 134 Å². The standard InChI is InChI=1S/C18H19F2NO2/c1-12-7-8-14(13(2)11-12)9-10-17(22)21-15-5-3-4-6-16(15)23-18(19)20/h3-8,11,18H,9-10H2,1-2H3,(H,21,22). The predicted molar refractivity (Wildman–Crippen MR) is 85.9 cm³/mol. The molecule has 0 heterocycles. The fourth-order valence-electron chi connectivity index (χ4n) is 2.36. The number of aryl methyl sites for hydroxylation is 3. The summed E-state index contributed by atoms with van der Waals surface area (Å²) in [4.78, 5) is 12.0. The molecule has 0 saturated heterocycles. The summed E-state index contributed by atoms with van der Waals surface area (Å²) < 4.78 is 29.1. The Bertz CT molecular complexity index is 686. The van der Waals surface area contributed by atoms with E-state index in [9.17, 15) is 13.6 Å². The SMILES string of the molecule is Cc1ccc(CCC(=O)Nc2ccccc2OC(F)F)c(C)c1. The Kier molecular flexibility index (Phi) is 5.68. The molecule has 1 amide bonds. The van der Waals surface area contributed by atoms with Crippen molar-refractivity contribution in [2.24, 2.45) is 0 Å². The number of amides is 1. The van der Waals surface area contributed by atoms with Crippen molar-refractivity contribution in [3.8, 4) is 5.75 Å². The molecule has 0 aliphatic carbocycles. The zero-order valence-corrected chi connectivity index (χ0v) is 13.1. The van der Waals surface area contributed by atoms with Crippen LogP contribution >= 0.6 is 0 Å². The maximum atomic E-state index is 12.3. The summed E-state index contributed by atoms with van der Waals surface area (Å²) in [7, 11) is 0. The van der Waals surface area contributed by atoms with E-state index in [2.05, 4.69) is 16.1 Å². The number of carbonyl (C=O) groups is 1. The second kappa shape index (κ2) is 7.72. The summed E-state index contributed by atoms with van der Waals surface area (Å²) in [5.74, 6) is -0.280. The lowest BCUT2D eigenvalue weighted by Crippen LogP contribution is -2.14. The van der Waals surface area contributed by atoms with Gasteiger partial charge in [0.2, 0.25) is 5.91 Å². The molecule has 122 valence electrons. The van der Waals surface area contributed by atoms with Gasteiger partial charge in [-0.1, -0.05) is 35.9 Å². The van der Waals surface area contributed by atoms with Gasteiger partial charge in [0.1, 0.15) is 5.75 Å². The zero-order valence-electron chi connectivity index (χ0n) is 13.1. The highest BCUT2D eigenvalue weighted by molar-refractivity contribution is 5.92. The van der Waals surface area contributed by atoms with Crippen LogP contribution in [0.4, 0.5) is 14.5 Å². The fraction of sp³-hybridized carbons (Fsp3) is 0.278. The van der Waals surface area contributed by atoms with Gasteiger partial charge in [0.25, 0.3) is 0 Å². The van der Waals surface area contributed by atoms with Crippen molar-refractivity contribution >= 4 is 11.6 Å². The van der Waals surface area contributed by atoms with E-state index >= 15 is 0 Å². The Morgan fingerprint density at radius 3 is 2.61 bits per heavy atom. The summed E-state index contributed by atoms with van der Waals surface area (Å²) in [5.41, 5.74) is 3.66. The van der Waals surface area contributed by atoms with Crippen molar-refractivity contribution in [1.82, 2.24) is 0 Å². The van der Waals surface area contributed by atoms with Crippen molar-refractivity contribution in [1.29, 1.82) is 0 Å². The van der Waals surface area contributed by atoms with E-state index in [0.29, 0.717) is 6.42 Å². The van der Waals surface area contributed by atoms with Crippen LogP contribution in [0.2, 0.25) is 0 Å². The summed E-state index contributed by atoms with van der Waals surface area (Å²) in [5, 5.41) is 2.62. The Morgan fingerprint density at radius 1 is 1.17 bits per heavy atom. The Morgan fingerprint density at radius 2 is 1.91 bits per heavy atom. The summed E-state index contributed by atoms with van der Waals surface area (Å²) in [6.45, 7) is 1.10. The van der Waals surface area contributed by atoms with Gasteiger partial charge in [-0.25, -0.2) is 0 Å². The molecule has 5 heteroatoms. The maximum absolute atomic E-state index is 12.3. The highest BCUT2D eigenvalue weighted by Gasteiger charge is 2.11. The van der Waals surface area contributed by atoms with E-state index in [4.69, 9.17) is 0 Å². The summed E-state index contributed by atoms with van der Waals surface area (Å²) in [6, 6.07) is 12.2. The van der Waals surface area contributed by atoms with E-state index in [0.717, 1.165) is 11.1 Å². The van der Waals surface area contributed by atoms with Crippen molar-refractivity contribution < 1.29 is 18.3 Å². The van der Waals surface area contributed by atoms with Crippen LogP contribution in [0.5, 0.6) is 5.75 Å². The van der Waals surface area contributed by atoms with Crippen LogP contribution in [0.25, 0.3) is 0 Å². The molecular formula is C18H19F2NO2. The van der Waals surface area contributed by atoms with Crippen molar-refractivity contribution in [3.63, 3.8) is 0 Å². The number of nitrogens with one attached hydrogen (secondary N) is 1. The average Bonchev–Trinajstić information content (AvgIpc) is 2.48. The van der Waals surface area contributed by atoms with Crippen LogP contribution in [0.15, 0.2) is 42.5 Å². The van der Waals surface area contributed by atoms with Crippen LogP contribution < -0.4 is 10.1 Å². The molecule has 1 N–H and O–H groups in total. The van der Waals surface area contributed by atoms with Gasteiger partial charge < -0.3 is 10.1 Å². The molecule has 2 aromatic carbocycles. The smallest absolute Gasteiger partial charge is 0.387 e. The van der Waals surface area contributed by atoms with Crippen molar-refractivity contribution in [2.75, 3.05) is 5.32 Å². The summed E-state index contributed by atoms with van der Waals surface area (Å²) >= 11 is 0. The first-order valence-corrected chi connectivity index (χ1v) is 7.35. The molecule has 0 fully saturated rings. The number of alkyl halides is 2. The monoisotopic (exact) mass is 319 g/mol. The number of para-hydroxylation sites is 2. The second-order valence-corrected chi connectivity index (χ2v) is 5.35. The molecule has 3 nitrogen and oxygen atoms in total. The first-order valence-electron chi connectivity index (χ1n) is 7.35. The fourth-order valence-corrected chi connectivity index (χ4v) is 2.36. The first-order chi connectivity index (χ1) is 11.0. The molecule has 0 radical (unpaired) electrons. The predicted octanol–water partition coefficient (Wildman–Crippen LogP) is 4.48. The minimum Gasteiger partial charge on any atom is -0.433 e. The number of anilines is 1. The van der Waals surface area contributed by atoms with Gasteiger partial charge in [0.05, 0.1) is 5.69 Å². The van der Waals surface area contributed by atoms with Crippen molar-refractivity contribution in [2.45, 2.75) is 33.3 Å². The number of rotatable bonds is 6. The normalized spacial score (nSPS) is 10.7. The number of halogens is 2. The maximum Gasteiger partial charge on any atom is 0.387 e. The minimum absolute atomic E-state index is 0.0395. The minimum atomic E-state index is -2.93. The largest absolute Gasteiger partial charge is 0.433 e. The van der Waals surface area contributed by atoms with E-state index in [1.807, 2.05) is 26.0 Å². The first kappa shape index (κ1) is 16.9. The average molecular weight is 319 g/mol. The molecule has 23 heavy (non-hydrogen) atoms. The van der Waals surface area contributed by atoms with Gasteiger partial charge in [0.15, 0.2) is 0 Å². The summed E-state index contributed by atoms with van der Waals surface area (Å²) in [6.07, 6.45) is 0.864. The van der Waals surface area contributed by atoms with E-state index in [-0.39, 0.29) is 23.8 Å². The number of carbonyl (C=O) groups excluding carboxylic acids is 1. The molecule has 0 aliphatic heterocycles. The number of hydrogen-bond donors (Lipinski definition) is 1. The van der Waals surface area contributed by atoms with E-state index in [1.54, 1.807) is 12.1 Å². The number of ether oxygens (including phenoxy) is 1. The lowest BCUT2D eigenvalue weighted by atomic mass is 10.0. The number of hydrogen-bond acceptors (Lipinski definition) is 2. The lowest BCUT2D eigenvalue weighted by Gasteiger charge is -2.12. The van der Waals surface area contributed by atoms with Crippen LogP contribution in [0, 0.1) is 13.8 Å². The molecule has 2 aromatic rings. The third-order valence-corrected chi connectivity index (χ3v) is 3.50. The van der Waals surface area contributed by atoms with Gasteiger partial charge in [-0.2, -0.15) is 8.78 Å². The zero-order chi connectivity index (χ0) is 16.8. The molecule has 0 unspecified atom stereocenters. The van der Waals surface area contributed by atoms with Crippen LogP contribution in [-0.2, 0) is 11.2 Å². The second-order valence-electron chi connectivity index (χ2n) is 5.35. The third kappa shape index (κ3) is 5.06. The van der Waals surface area contributed by atoms with Crippen molar-refractivity contribution in [3.05, 3.63) is 59.2 Å². The van der Waals surface area contributed by atoms with Gasteiger partial charge in [-0.15, -0.1) is 0 Å². The van der Waals surface area contributed by atoms with Crippen LogP contribution in [0.1, 0.15) is 23.1 Å². The number of benzene rings is 2. The van der Waals surface area contributed by atoms with Gasteiger partial charge >= 0.3 is 6.61 Å². The Hall–Kier alpha value is -2.43. The Balaban J connectivity index is 1.97. The van der Waals surface area contributed by atoms with E-state index < -0.39 is 6.61 Å². The molecule has 0 saturated carbocycles. The molecule has 0 aliphatic rings. The lowest BCUT2D eigenvalue weighted by molar-refractivity contribution is -0.116. The highest BCUT2D eigenvalue weighted by atomic mass is 19.3.